The minimum atomic E-state index is -0.826. The molecule has 0 radical (unpaired) electrons. The summed E-state index contributed by atoms with van der Waals surface area (Å²) < 4.78 is 12.5. The zero-order valence-electron chi connectivity index (χ0n) is 32.1. The van der Waals surface area contributed by atoms with Crippen LogP contribution in [0.5, 0.6) is 17.2 Å². The van der Waals surface area contributed by atoms with Crippen molar-refractivity contribution in [2.75, 3.05) is 13.2 Å². The number of ether oxygens (including phenoxy) is 2. The molecule has 0 heterocycles. The molecule has 6 aromatic rings. The van der Waals surface area contributed by atoms with Gasteiger partial charge in [0.2, 0.25) is 0 Å². The minimum absolute atomic E-state index is 0.257. The van der Waals surface area contributed by atoms with Crippen molar-refractivity contribution in [3.63, 3.8) is 0 Å². The molecule has 7 heteroatoms. The van der Waals surface area contributed by atoms with Crippen LogP contribution in [0.3, 0.4) is 0 Å². The van der Waals surface area contributed by atoms with Crippen molar-refractivity contribution in [1.29, 1.82) is 0 Å². The number of halogens is 2. The Morgan fingerprint density at radius 2 is 0.907 bits per heavy atom. The maximum absolute atomic E-state index is 11.6. The van der Waals surface area contributed by atoms with Crippen LogP contribution in [0.2, 0.25) is 0 Å². The molecular formula is C47H48Cl2O4Zr. The molecule has 0 fully saturated rings. The molecule has 0 bridgehead atoms. The number of phenolic OH excluding ortho intramolecular Hbond substituents is 2. The zero-order valence-corrected chi connectivity index (χ0v) is 36.1. The van der Waals surface area contributed by atoms with Crippen LogP contribution >= 0.6 is 17.0 Å². The second kappa shape index (κ2) is 19.1. The fraction of sp³-hybridized carbons (Fsp3) is 0.234. The first-order valence-corrected chi connectivity index (χ1v) is 24.4. The summed E-state index contributed by atoms with van der Waals surface area (Å²) in [6.45, 7) is 15.9. The van der Waals surface area contributed by atoms with Crippen LogP contribution in [0.15, 0.2) is 103 Å². The third-order valence-electron chi connectivity index (χ3n) is 9.56. The van der Waals surface area contributed by atoms with Crippen LogP contribution in [-0.2, 0) is 32.2 Å². The van der Waals surface area contributed by atoms with Gasteiger partial charge in [-0.05, 0) is 129 Å². The maximum atomic E-state index is 11.6. The van der Waals surface area contributed by atoms with Crippen molar-refractivity contribution < 1.29 is 40.5 Å². The van der Waals surface area contributed by atoms with Crippen LogP contribution in [0, 0.1) is 48.5 Å². The van der Waals surface area contributed by atoms with Crippen molar-refractivity contribution in [2.45, 2.75) is 61.5 Å². The van der Waals surface area contributed by atoms with Crippen LogP contribution in [0.4, 0.5) is 0 Å². The van der Waals surface area contributed by atoms with Gasteiger partial charge in [-0.2, -0.15) is 0 Å². The Kier molecular flexibility index (Phi) is 14.6. The summed E-state index contributed by atoms with van der Waals surface area (Å²) in [5.74, 6) is 1.27. The molecule has 0 atom stereocenters. The third kappa shape index (κ3) is 10.1. The van der Waals surface area contributed by atoms with Crippen molar-refractivity contribution >= 4 is 17.0 Å². The zero-order chi connectivity index (χ0) is 38.9. The SMILES string of the molecule is Cc1ccc(C)c(-c2cc(C)cc(-c3ccccc3COCCCOc3ccc(C)cc3-c3cc(C)cc(-c4cc(C)ccc4C)c3O)c2O)c1.[Cl][Zr][Cl]. The number of hydrogen-bond acceptors (Lipinski definition) is 4. The fourth-order valence-electron chi connectivity index (χ4n) is 6.85. The fourth-order valence-corrected chi connectivity index (χ4v) is 6.85. The predicted octanol–water partition coefficient (Wildman–Crippen LogP) is 13.3. The van der Waals surface area contributed by atoms with Crippen LogP contribution in [0.25, 0.3) is 44.5 Å². The predicted molar refractivity (Wildman–Crippen MR) is 223 cm³/mol. The van der Waals surface area contributed by atoms with Gasteiger partial charge in [-0.25, -0.2) is 0 Å². The summed E-state index contributed by atoms with van der Waals surface area (Å²) in [4.78, 5) is 0. The van der Waals surface area contributed by atoms with Crippen molar-refractivity contribution in [1.82, 2.24) is 0 Å². The molecular weight excluding hydrogens is 791 g/mol. The van der Waals surface area contributed by atoms with Crippen molar-refractivity contribution in [3.8, 4) is 61.8 Å². The average Bonchev–Trinajstić information content (AvgIpc) is 3.14. The summed E-state index contributed by atoms with van der Waals surface area (Å²) in [5.41, 5.74) is 16.0. The molecule has 0 saturated carbocycles. The van der Waals surface area contributed by atoms with Gasteiger partial charge in [-0.1, -0.05) is 83.4 Å². The van der Waals surface area contributed by atoms with E-state index in [1.165, 1.54) is 0 Å². The Bertz CT molecular complexity index is 2250. The Labute approximate surface area is 339 Å². The monoisotopic (exact) mass is 836 g/mol. The molecule has 0 unspecified atom stereocenters. The average molecular weight is 839 g/mol. The molecule has 0 spiro atoms. The molecule has 0 aromatic heterocycles. The normalized spacial score (nSPS) is 10.8. The van der Waals surface area contributed by atoms with Gasteiger partial charge in [0.25, 0.3) is 0 Å². The summed E-state index contributed by atoms with van der Waals surface area (Å²) in [7, 11) is 9.87. The first-order valence-electron chi connectivity index (χ1n) is 18.1. The van der Waals surface area contributed by atoms with E-state index in [9.17, 15) is 10.2 Å². The number of aromatic hydroxyl groups is 2. The van der Waals surface area contributed by atoms with E-state index in [0.717, 1.165) is 94.8 Å². The molecule has 0 saturated heterocycles. The van der Waals surface area contributed by atoms with Crippen molar-refractivity contribution in [3.05, 3.63) is 148 Å². The van der Waals surface area contributed by atoms with Crippen LogP contribution in [0.1, 0.15) is 50.9 Å². The van der Waals surface area contributed by atoms with Gasteiger partial charge >= 0.3 is 37.9 Å². The second-order valence-corrected chi connectivity index (χ2v) is 17.8. The number of benzene rings is 6. The molecule has 6 aromatic carbocycles. The molecule has 0 aliphatic heterocycles. The van der Waals surface area contributed by atoms with E-state index in [0.29, 0.717) is 26.2 Å². The van der Waals surface area contributed by atoms with Crippen molar-refractivity contribution in [2.24, 2.45) is 0 Å². The Hall–Kier alpha value is -3.86. The van der Waals surface area contributed by atoms with Crippen LogP contribution < -0.4 is 4.74 Å². The molecule has 0 aliphatic rings. The van der Waals surface area contributed by atoms with E-state index < -0.39 is 20.8 Å². The van der Waals surface area contributed by atoms with Gasteiger partial charge < -0.3 is 19.7 Å². The van der Waals surface area contributed by atoms with E-state index in [4.69, 9.17) is 26.5 Å². The quantitative estimate of drug-likeness (QED) is 0.128. The number of phenols is 2. The summed E-state index contributed by atoms with van der Waals surface area (Å²) in [6.07, 6.45) is 0.690. The molecule has 54 heavy (non-hydrogen) atoms. The standard InChI is InChI=1S/C47H48O4.2ClH.Zr/c1-29-13-16-34(6)38(21-29)42-25-32(4)24-41(46(42)48)37-12-9-8-11-36(37)28-50-19-10-20-51-45-18-15-31(3)23-40(45)44-27-33(5)26-43(47(44)49)39-22-30(2)14-17-35(39)7;;;/h8-9,11-18,21-27,48-49H,10,19-20,28H2,1-7H3;2*1H;/q;;;+2/p-2. The van der Waals surface area contributed by atoms with Crippen LogP contribution in [-0.4, -0.2) is 23.4 Å². The molecule has 0 amide bonds. The number of aryl methyl sites for hydroxylation is 7. The summed E-state index contributed by atoms with van der Waals surface area (Å²) in [5, 5.41) is 23.2. The number of hydrogen-bond donors (Lipinski definition) is 2. The first kappa shape index (κ1) is 41.3. The van der Waals surface area contributed by atoms with E-state index in [1.807, 2.05) is 36.4 Å². The van der Waals surface area contributed by atoms with Gasteiger partial charge in [-0.15, -0.1) is 0 Å². The van der Waals surface area contributed by atoms with Gasteiger partial charge in [0.1, 0.15) is 17.2 Å². The van der Waals surface area contributed by atoms with Gasteiger partial charge in [0, 0.05) is 34.2 Å². The first-order chi connectivity index (χ1) is 25.9. The number of rotatable bonds is 11. The van der Waals surface area contributed by atoms with E-state index in [2.05, 4.69) is 115 Å². The topological polar surface area (TPSA) is 58.9 Å². The Balaban J connectivity index is 0.00000181. The van der Waals surface area contributed by atoms with E-state index in [1.54, 1.807) is 0 Å². The molecule has 6 rings (SSSR count). The van der Waals surface area contributed by atoms with E-state index in [-0.39, 0.29) is 11.5 Å². The summed E-state index contributed by atoms with van der Waals surface area (Å²) in [6, 6.07) is 35.1. The second-order valence-electron chi connectivity index (χ2n) is 14.0. The molecule has 278 valence electrons. The Morgan fingerprint density at radius 3 is 1.44 bits per heavy atom. The molecule has 4 nitrogen and oxygen atoms in total. The summed E-state index contributed by atoms with van der Waals surface area (Å²) >= 11 is -0.826. The van der Waals surface area contributed by atoms with Gasteiger partial charge in [-0.3, -0.25) is 0 Å². The van der Waals surface area contributed by atoms with Gasteiger partial charge in [0.05, 0.1) is 19.8 Å². The van der Waals surface area contributed by atoms with Gasteiger partial charge in [0.15, 0.2) is 0 Å². The van der Waals surface area contributed by atoms with E-state index >= 15 is 0 Å². The molecule has 2 N–H and O–H groups in total. The third-order valence-corrected chi connectivity index (χ3v) is 9.56. The Morgan fingerprint density at radius 1 is 0.481 bits per heavy atom. The molecule has 0 aliphatic carbocycles.